The van der Waals surface area contributed by atoms with Gasteiger partial charge in [-0.1, -0.05) is 6.07 Å². The number of pyridine rings is 1. The summed E-state index contributed by atoms with van der Waals surface area (Å²) in [5, 5.41) is 22.3. The molecule has 2 heterocycles. The van der Waals surface area contributed by atoms with Gasteiger partial charge in [-0.2, -0.15) is 0 Å². The molecule has 2 rings (SSSR count). The number of aliphatic carboxylic acids is 1. The van der Waals surface area contributed by atoms with E-state index < -0.39 is 12.1 Å². The lowest BCUT2D eigenvalue weighted by molar-refractivity contribution is -0.131. The zero-order valence-corrected chi connectivity index (χ0v) is 15.3. The van der Waals surface area contributed by atoms with E-state index in [0.717, 1.165) is 28.9 Å². The van der Waals surface area contributed by atoms with Crippen LogP contribution in [0.4, 0.5) is 0 Å². The van der Waals surface area contributed by atoms with Gasteiger partial charge in [0.1, 0.15) is 0 Å². The van der Waals surface area contributed by atoms with Gasteiger partial charge in [-0.25, -0.2) is 4.79 Å². The first kappa shape index (κ1) is 19.3. The van der Waals surface area contributed by atoms with Crippen molar-refractivity contribution in [2.45, 2.75) is 38.8 Å². The van der Waals surface area contributed by atoms with Gasteiger partial charge in [0.2, 0.25) is 0 Å². The molecule has 2 aromatic heterocycles. The molecule has 2 aromatic rings. The summed E-state index contributed by atoms with van der Waals surface area (Å²) in [5.74, 6) is -0.919. The molecule has 3 N–H and O–H groups in total. The lowest BCUT2D eigenvalue weighted by atomic mass is 10.1. The third-order valence-corrected chi connectivity index (χ3v) is 5.22. The fraction of sp³-hybridized carbons (Fsp3) is 0.368. The lowest BCUT2D eigenvalue weighted by Gasteiger charge is -2.17. The highest BCUT2D eigenvalue weighted by Gasteiger charge is 2.10. The van der Waals surface area contributed by atoms with Crippen molar-refractivity contribution in [1.82, 2.24) is 10.3 Å². The second-order valence-electron chi connectivity index (χ2n) is 6.08. The zero-order chi connectivity index (χ0) is 18.2. The van der Waals surface area contributed by atoms with Crippen LogP contribution in [0.1, 0.15) is 41.7 Å². The van der Waals surface area contributed by atoms with E-state index in [4.69, 9.17) is 5.11 Å². The van der Waals surface area contributed by atoms with Crippen molar-refractivity contribution < 1.29 is 15.0 Å². The van der Waals surface area contributed by atoms with Crippen LogP contribution in [0.15, 0.2) is 42.7 Å². The first-order chi connectivity index (χ1) is 12.0. The van der Waals surface area contributed by atoms with E-state index in [2.05, 4.69) is 23.3 Å². The molecular weight excluding hydrogens is 336 g/mol. The van der Waals surface area contributed by atoms with E-state index >= 15 is 0 Å². The number of aromatic nitrogens is 1. The number of hydrogen-bond acceptors (Lipinski definition) is 5. The molecule has 0 saturated carbocycles. The molecule has 0 saturated heterocycles. The number of carboxylic acid groups (broad SMARTS) is 1. The van der Waals surface area contributed by atoms with Crippen molar-refractivity contribution in [2.24, 2.45) is 0 Å². The molecule has 0 aromatic carbocycles. The largest absolute Gasteiger partial charge is 0.478 e. The number of carbonyl (C=O) groups is 1. The normalized spacial score (nSPS) is 14.3. The van der Waals surface area contributed by atoms with Gasteiger partial charge in [0.15, 0.2) is 0 Å². The summed E-state index contributed by atoms with van der Waals surface area (Å²) in [6.45, 7) is 4.40. The number of aryl methyl sites for hydroxylation is 1. The van der Waals surface area contributed by atoms with Crippen LogP contribution in [-0.4, -0.2) is 33.8 Å². The Morgan fingerprint density at radius 3 is 2.88 bits per heavy atom. The topological polar surface area (TPSA) is 82.5 Å². The smallest absolute Gasteiger partial charge is 0.328 e. The number of nitrogens with one attached hydrogen (secondary N) is 1. The van der Waals surface area contributed by atoms with Gasteiger partial charge in [-0.15, -0.1) is 11.3 Å². The molecule has 0 spiro atoms. The Hall–Kier alpha value is -2.02. The number of hydrogen-bond donors (Lipinski definition) is 3. The quantitative estimate of drug-likeness (QED) is 0.598. The number of aliphatic hydroxyl groups is 1. The Morgan fingerprint density at radius 2 is 2.20 bits per heavy atom. The second-order valence-corrected chi connectivity index (χ2v) is 7.25. The molecule has 2 atom stereocenters. The number of thiophene rings is 1. The average molecular weight is 360 g/mol. The summed E-state index contributed by atoms with van der Waals surface area (Å²) in [5.41, 5.74) is 1.58. The Bertz CT molecular complexity index is 712. The Morgan fingerprint density at radius 1 is 1.40 bits per heavy atom. The summed E-state index contributed by atoms with van der Waals surface area (Å²) in [4.78, 5) is 17.0. The van der Waals surface area contributed by atoms with Crippen molar-refractivity contribution in [1.29, 1.82) is 0 Å². The number of allylic oxidation sites excluding steroid dienone is 1. The molecule has 0 radical (unpaired) electrons. The van der Waals surface area contributed by atoms with Crippen molar-refractivity contribution in [3.8, 4) is 0 Å². The fourth-order valence-corrected chi connectivity index (χ4v) is 3.44. The molecule has 0 aliphatic heterocycles. The summed E-state index contributed by atoms with van der Waals surface area (Å²) < 4.78 is 0. The van der Waals surface area contributed by atoms with Gasteiger partial charge in [0.05, 0.1) is 6.10 Å². The van der Waals surface area contributed by atoms with Crippen LogP contribution in [0.3, 0.4) is 0 Å². The molecule has 0 amide bonds. The highest BCUT2D eigenvalue weighted by Crippen LogP contribution is 2.25. The van der Waals surface area contributed by atoms with Crippen molar-refractivity contribution in [3.05, 3.63) is 58.1 Å². The second kappa shape index (κ2) is 9.46. The molecule has 2 unspecified atom stereocenters. The Kier molecular flexibility index (Phi) is 7.31. The summed E-state index contributed by atoms with van der Waals surface area (Å²) in [7, 11) is 0. The molecule has 5 nitrogen and oxygen atoms in total. The van der Waals surface area contributed by atoms with Gasteiger partial charge >= 0.3 is 5.97 Å². The van der Waals surface area contributed by atoms with Crippen molar-refractivity contribution >= 4 is 22.9 Å². The minimum Gasteiger partial charge on any atom is -0.478 e. The van der Waals surface area contributed by atoms with Crippen LogP contribution in [0.5, 0.6) is 0 Å². The van der Waals surface area contributed by atoms with E-state index in [1.54, 1.807) is 23.7 Å². The summed E-state index contributed by atoms with van der Waals surface area (Å²) >= 11 is 1.63. The minimum absolute atomic E-state index is 0.271. The van der Waals surface area contributed by atoms with Gasteiger partial charge in [-0.05, 0) is 50.5 Å². The molecule has 134 valence electrons. The maximum atomic E-state index is 10.7. The first-order valence-corrected chi connectivity index (χ1v) is 9.09. The molecule has 0 aliphatic rings. The molecular formula is C19H24N2O3S. The van der Waals surface area contributed by atoms with E-state index in [9.17, 15) is 9.90 Å². The van der Waals surface area contributed by atoms with Crippen LogP contribution in [-0.2, 0) is 11.2 Å². The van der Waals surface area contributed by atoms with E-state index in [-0.39, 0.29) is 6.04 Å². The molecule has 0 bridgehead atoms. The Labute approximate surface area is 152 Å². The van der Waals surface area contributed by atoms with E-state index in [0.29, 0.717) is 6.54 Å². The highest BCUT2D eigenvalue weighted by atomic mass is 32.1. The number of aliphatic hydroxyl groups excluding tert-OH is 1. The third kappa shape index (κ3) is 6.42. The third-order valence-electron chi connectivity index (χ3n) is 3.94. The summed E-state index contributed by atoms with van der Waals surface area (Å²) in [6.07, 6.45) is 5.91. The lowest BCUT2D eigenvalue weighted by Crippen LogP contribution is -2.30. The van der Waals surface area contributed by atoms with Crippen LogP contribution in [0.25, 0.3) is 5.57 Å². The molecule has 0 fully saturated rings. The van der Waals surface area contributed by atoms with Gasteiger partial charge in [0, 0.05) is 46.4 Å². The molecule has 6 heteroatoms. The van der Waals surface area contributed by atoms with Crippen LogP contribution in [0.2, 0.25) is 0 Å². The van der Waals surface area contributed by atoms with E-state index in [1.165, 1.54) is 11.0 Å². The maximum absolute atomic E-state index is 10.7. The number of nitrogens with zero attached hydrogens (tertiary/aromatic N) is 1. The predicted octanol–water partition coefficient (Wildman–Crippen LogP) is 3.28. The van der Waals surface area contributed by atoms with Gasteiger partial charge in [0.25, 0.3) is 0 Å². The Balaban J connectivity index is 1.77. The maximum Gasteiger partial charge on any atom is 0.328 e. The van der Waals surface area contributed by atoms with Crippen LogP contribution < -0.4 is 5.32 Å². The van der Waals surface area contributed by atoms with Crippen molar-refractivity contribution in [2.75, 3.05) is 6.54 Å². The van der Waals surface area contributed by atoms with Gasteiger partial charge in [-0.3, -0.25) is 4.98 Å². The highest BCUT2D eigenvalue weighted by molar-refractivity contribution is 7.13. The predicted molar refractivity (Wildman–Crippen MR) is 101 cm³/mol. The van der Waals surface area contributed by atoms with E-state index in [1.807, 2.05) is 25.1 Å². The zero-order valence-electron chi connectivity index (χ0n) is 14.5. The first-order valence-electron chi connectivity index (χ1n) is 8.27. The monoisotopic (exact) mass is 360 g/mol. The minimum atomic E-state index is -0.919. The van der Waals surface area contributed by atoms with Crippen LogP contribution in [0, 0.1) is 0 Å². The van der Waals surface area contributed by atoms with Crippen molar-refractivity contribution in [3.63, 3.8) is 0 Å². The standard InChI is InChI=1S/C19H24N2O3S/c1-13(10-19(23)24)18-8-7-16(25-18)6-5-14(2)21-12-17(22)15-4-3-9-20-11-15/h3-4,7-11,14,17,21-22H,5-6,12H2,1-2H3,(H,23,24)/b13-10+. The average Bonchev–Trinajstić information content (AvgIpc) is 3.07. The van der Waals surface area contributed by atoms with Gasteiger partial charge < -0.3 is 15.5 Å². The SMILES string of the molecule is C/C(=C\C(=O)O)c1ccc(CCC(C)NCC(O)c2cccnc2)s1. The number of carboxylic acids is 1. The number of rotatable bonds is 9. The molecule has 0 aliphatic carbocycles. The molecule has 25 heavy (non-hydrogen) atoms. The summed E-state index contributed by atoms with van der Waals surface area (Å²) in [6, 6.07) is 7.98. The fourth-order valence-electron chi connectivity index (χ4n) is 2.45. The van der Waals surface area contributed by atoms with Crippen LogP contribution >= 0.6 is 11.3 Å².